The van der Waals surface area contributed by atoms with Crippen LogP contribution in [0.3, 0.4) is 0 Å². The first-order valence-corrected chi connectivity index (χ1v) is 11.6. The third-order valence-electron chi connectivity index (χ3n) is 4.69. The molecule has 2 aliphatic rings. The van der Waals surface area contributed by atoms with Crippen LogP contribution in [0.2, 0.25) is 0 Å². The van der Waals surface area contributed by atoms with Crippen molar-refractivity contribution in [1.82, 2.24) is 19.7 Å². The molecule has 0 spiro atoms. The molecule has 2 heterocycles. The number of hydrogen-bond donors (Lipinski definition) is 2. The van der Waals surface area contributed by atoms with Gasteiger partial charge in [0, 0.05) is 39.4 Å². The fraction of sp³-hybridized carbons (Fsp3) is 0.778. The van der Waals surface area contributed by atoms with E-state index in [0.717, 1.165) is 32.8 Å². The topological polar surface area (TPSA) is 141 Å². The molecule has 3 N–H and O–H groups in total. The second-order valence-corrected chi connectivity index (χ2v) is 9.12. The van der Waals surface area contributed by atoms with Crippen LogP contribution in [-0.2, 0) is 32.2 Å². The maximum absolute atomic E-state index is 12.3. The number of rotatable bonds is 6. The molecule has 1 aliphatic carbocycles. The first-order valence-electron chi connectivity index (χ1n) is 10.2. The van der Waals surface area contributed by atoms with E-state index in [9.17, 15) is 35.3 Å². The number of nitrogens with two attached hydrogens (primary N) is 1. The molecule has 0 radical (unpaired) electrons. The lowest BCUT2D eigenvalue weighted by Crippen LogP contribution is -2.41. The van der Waals surface area contributed by atoms with E-state index in [1.165, 1.54) is 12.8 Å². The van der Waals surface area contributed by atoms with Crippen molar-refractivity contribution in [2.24, 2.45) is 18.7 Å². The molecule has 10 nitrogen and oxygen atoms in total. The Morgan fingerprint density at radius 2 is 1.63 bits per heavy atom. The van der Waals surface area contributed by atoms with Gasteiger partial charge in [-0.05, 0) is 18.8 Å². The van der Waals surface area contributed by atoms with Gasteiger partial charge in [-0.2, -0.15) is 26.3 Å². The van der Waals surface area contributed by atoms with Gasteiger partial charge in [-0.3, -0.25) is 13.9 Å². The Labute approximate surface area is 199 Å². The van der Waals surface area contributed by atoms with Crippen molar-refractivity contribution in [1.29, 1.82) is 0 Å². The average molecular weight is 539 g/mol. The second kappa shape index (κ2) is 13.3. The van der Waals surface area contributed by atoms with Gasteiger partial charge in [0.05, 0.1) is 30.1 Å². The summed E-state index contributed by atoms with van der Waals surface area (Å²) in [7, 11) is 0.791. The molecular weight excluding hydrogens is 512 g/mol. The highest BCUT2D eigenvalue weighted by Gasteiger charge is 2.38. The number of halogens is 6. The fourth-order valence-corrected chi connectivity index (χ4v) is 4.01. The van der Waals surface area contributed by atoms with Gasteiger partial charge in [0.15, 0.2) is 5.82 Å². The molecule has 1 unspecified atom stereocenters. The molecule has 1 saturated carbocycles. The third-order valence-corrected chi connectivity index (χ3v) is 6.23. The summed E-state index contributed by atoms with van der Waals surface area (Å²) in [6.07, 6.45) is -7.35. The summed E-state index contributed by atoms with van der Waals surface area (Å²) in [4.78, 5) is 20.5. The molecule has 0 amide bonds. The molecular formula is C18H27F6N5O5S. The van der Waals surface area contributed by atoms with Crippen LogP contribution in [0, 0.1) is 5.92 Å². The number of carboxylic acid groups (broad SMARTS) is 1. The minimum atomic E-state index is -5.08. The lowest BCUT2D eigenvalue weighted by Gasteiger charge is -2.28. The Bertz CT molecular complexity index is 845. The Balaban J connectivity index is 0.000000362. The molecule has 1 saturated heterocycles. The number of ether oxygens (including phenoxy) is 1. The summed E-state index contributed by atoms with van der Waals surface area (Å²) >= 11 is 0. The summed E-state index contributed by atoms with van der Waals surface area (Å²) in [5.41, 5.74) is 6.25. The number of alkyl halides is 6. The van der Waals surface area contributed by atoms with E-state index in [0.29, 0.717) is 29.6 Å². The standard InChI is InChI=1S/C13H23N5O2S.C3H3F3O.C2HF3O2/c1-17-12(11(14)8-18-4-6-20-7-5-18)15-16-13(17)21(19)9-10-2-3-10;1-2(7)3(4,5)6;3-2(4,5)1(6)7/h10-11H,2-9,14H2,1H3;1H3;(H,6,7)/t11-,21?;;/m0../s1. The SMILES string of the molecule is CC(=O)C(F)(F)F.Cn1c([C@@H](N)CN2CCOCC2)nnc1S(=O)CC1CC1.O=C(O)C(F)(F)F. The quantitative estimate of drug-likeness (QED) is 0.514. The lowest BCUT2D eigenvalue weighted by atomic mass is 10.2. The van der Waals surface area contributed by atoms with Crippen LogP contribution >= 0.6 is 0 Å². The number of ketones is 1. The van der Waals surface area contributed by atoms with Gasteiger partial charge >= 0.3 is 18.3 Å². The van der Waals surface area contributed by atoms with Crippen molar-refractivity contribution in [3.8, 4) is 0 Å². The van der Waals surface area contributed by atoms with Gasteiger partial charge in [0.25, 0.3) is 0 Å². The molecule has 1 aliphatic heterocycles. The Morgan fingerprint density at radius 3 is 2.03 bits per heavy atom. The minimum absolute atomic E-state index is 0.215. The van der Waals surface area contributed by atoms with Crippen LogP contribution in [-0.4, -0.2) is 91.7 Å². The second-order valence-electron chi connectivity index (χ2n) is 7.73. The smallest absolute Gasteiger partial charge is 0.475 e. The predicted molar refractivity (Wildman–Crippen MR) is 110 cm³/mol. The van der Waals surface area contributed by atoms with E-state index >= 15 is 0 Å². The highest BCUT2D eigenvalue weighted by atomic mass is 32.2. The largest absolute Gasteiger partial charge is 0.490 e. The number of carboxylic acids is 1. The maximum atomic E-state index is 12.3. The normalized spacial score (nSPS) is 18.4. The summed E-state index contributed by atoms with van der Waals surface area (Å²) in [5, 5.41) is 15.9. The van der Waals surface area contributed by atoms with E-state index in [1.807, 2.05) is 11.6 Å². The molecule has 2 atom stereocenters. The van der Waals surface area contributed by atoms with Crippen LogP contribution in [0.25, 0.3) is 0 Å². The molecule has 202 valence electrons. The Morgan fingerprint density at radius 1 is 1.14 bits per heavy atom. The van der Waals surface area contributed by atoms with Gasteiger partial charge < -0.3 is 20.1 Å². The van der Waals surface area contributed by atoms with E-state index < -0.39 is 34.9 Å². The van der Waals surface area contributed by atoms with Gasteiger partial charge in [0.1, 0.15) is 0 Å². The first kappa shape index (κ1) is 30.9. The zero-order valence-electron chi connectivity index (χ0n) is 18.9. The summed E-state index contributed by atoms with van der Waals surface area (Å²) in [6, 6.07) is -0.215. The molecule has 3 rings (SSSR count). The van der Waals surface area contributed by atoms with Crippen molar-refractivity contribution >= 4 is 22.6 Å². The minimum Gasteiger partial charge on any atom is -0.475 e. The third kappa shape index (κ3) is 11.4. The lowest BCUT2D eigenvalue weighted by molar-refractivity contribution is -0.192. The molecule has 17 heteroatoms. The molecule has 1 aromatic heterocycles. The maximum Gasteiger partial charge on any atom is 0.490 e. The van der Waals surface area contributed by atoms with Crippen LogP contribution < -0.4 is 5.73 Å². The van der Waals surface area contributed by atoms with Crippen molar-refractivity contribution < 1.29 is 50.0 Å². The van der Waals surface area contributed by atoms with Crippen molar-refractivity contribution in [3.05, 3.63) is 5.82 Å². The number of Topliss-reactive ketones (excluding diaryl/α,β-unsaturated/α-hetero) is 1. The monoisotopic (exact) mass is 539 g/mol. The van der Waals surface area contributed by atoms with Gasteiger partial charge in [-0.25, -0.2) is 4.79 Å². The van der Waals surface area contributed by atoms with Gasteiger partial charge in [-0.1, -0.05) is 0 Å². The Kier molecular flexibility index (Phi) is 11.7. The van der Waals surface area contributed by atoms with Crippen LogP contribution in [0.1, 0.15) is 31.6 Å². The fourth-order valence-electron chi connectivity index (χ4n) is 2.56. The van der Waals surface area contributed by atoms with E-state index in [2.05, 4.69) is 15.1 Å². The van der Waals surface area contributed by atoms with Crippen molar-refractivity contribution in [2.75, 3.05) is 38.6 Å². The number of carbonyl (C=O) groups excluding carboxylic acids is 1. The summed E-state index contributed by atoms with van der Waals surface area (Å²) in [5.74, 6) is -2.50. The zero-order valence-corrected chi connectivity index (χ0v) is 19.8. The zero-order chi connectivity index (χ0) is 27.0. The van der Waals surface area contributed by atoms with Crippen LogP contribution in [0.15, 0.2) is 5.16 Å². The molecule has 0 bridgehead atoms. The highest BCUT2D eigenvalue weighted by molar-refractivity contribution is 7.84. The van der Waals surface area contributed by atoms with Gasteiger partial charge in [-0.15, -0.1) is 10.2 Å². The summed E-state index contributed by atoms with van der Waals surface area (Å²) in [6.45, 7) is 4.51. The highest BCUT2D eigenvalue weighted by Crippen LogP contribution is 2.30. The number of aromatic nitrogens is 3. The van der Waals surface area contributed by atoms with Crippen molar-refractivity contribution in [2.45, 2.75) is 43.3 Å². The molecule has 2 fully saturated rings. The number of hydrogen-bond acceptors (Lipinski definition) is 8. The molecule has 35 heavy (non-hydrogen) atoms. The van der Waals surface area contributed by atoms with Crippen LogP contribution in [0.5, 0.6) is 0 Å². The van der Waals surface area contributed by atoms with E-state index in [1.54, 1.807) is 0 Å². The van der Waals surface area contributed by atoms with E-state index in [-0.39, 0.29) is 6.04 Å². The Hall–Kier alpha value is -2.11. The molecule has 0 aromatic carbocycles. The van der Waals surface area contributed by atoms with Gasteiger partial charge in [0.2, 0.25) is 10.9 Å². The number of nitrogens with zero attached hydrogens (tertiary/aromatic N) is 4. The number of aliphatic carboxylic acids is 1. The van der Waals surface area contributed by atoms with Crippen molar-refractivity contribution in [3.63, 3.8) is 0 Å². The predicted octanol–water partition coefficient (Wildman–Crippen LogP) is 1.44. The van der Waals surface area contributed by atoms with Crippen LogP contribution in [0.4, 0.5) is 26.3 Å². The van der Waals surface area contributed by atoms with E-state index in [4.69, 9.17) is 20.4 Å². The number of morpholine rings is 1. The average Bonchev–Trinajstić information content (AvgIpc) is 3.46. The summed E-state index contributed by atoms with van der Waals surface area (Å²) < 4.78 is 83.6. The molecule has 1 aromatic rings. The first-order chi connectivity index (χ1) is 16.0. The number of carbonyl (C=O) groups is 2.